The number of hydrogen-bond acceptors (Lipinski definition) is 4. The molecule has 2 aromatic rings. The second-order valence-electron chi connectivity index (χ2n) is 7.55. The maximum Gasteiger partial charge on any atom is 0.243 e. The second-order valence-corrected chi connectivity index (χ2v) is 9.85. The molecule has 0 aliphatic heterocycles. The maximum atomic E-state index is 13.4. The van der Waals surface area contributed by atoms with Gasteiger partial charge in [0.1, 0.15) is 5.75 Å². The minimum absolute atomic E-state index is 0.185. The third-order valence-corrected chi connectivity index (χ3v) is 7.55. The highest BCUT2D eigenvalue weighted by molar-refractivity contribution is 7.89. The first kappa shape index (κ1) is 22.6. The number of hydrogen-bond donors (Lipinski definition) is 1. The fourth-order valence-corrected chi connectivity index (χ4v) is 5.61. The Bertz CT molecular complexity index is 987. The van der Waals surface area contributed by atoms with Crippen molar-refractivity contribution in [3.63, 3.8) is 0 Å². The van der Waals surface area contributed by atoms with E-state index >= 15 is 0 Å². The van der Waals surface area contributed by atoms with Crippen LogP contribution < -0.4 is 10.1 Å². The van der Waals surface area contributed by atoms with Crippen molar-refractivity contribution in [1.82, 2.24) is 4.31 Å². The monoisotopic (exact) mass is 450 g/mol. The van der Waals surface area contributed by atoms with Crippen LogP contribution in [0.15, 0.2) is 47.4 Å². The van der Waals surface area contributed by atoms with Crippen molar-refractivity contribution < 1.29 is 17.9 Å². The van der Waals surface area contributed by atoms with E-state index in [9.17, 15) is 13.2 Å². The number of carbonyl (C=O) groups is 1. The van der Waals surface area contributed by atoms with Gasteiger partial charge in [-0.1, -0.05) is 48.6 Å². The van der Waals surface area contributed by atoms with Crippen molar-refractivity contribution in [2.24, 2.45) is 0 Å². The van der Waals surface area contributed by atoms with E-state index < -0.39 is 15.9 Å². The summed E-state index contributed by atoms with van der Waals surface area (Å²) < 4.78 is 33.2. The zero-order valence-electron chi connectivity index (χ0n) is 17.2. The average Bonchev–Trinajstić information content (AvgIpc) is 2.73. The molecule has 0 unspecified atom stereocenters. The van der Waals surface area contributed by atoms with Crippen molar-refractivity contribution in [2.45, 2.75) is 50.0 Å². The fraction of sp³-hybridized carbons (Fsp3) is 0.409. The molecule has 1 saturated carbocycles. The number of carbonyl (C=O) groups excluding carboxylic acids is 1. The number of methoxy groups -OCH3 is 1. The third-order valence-electron chi connectivity index (χ3n) is 5.34. The molecular weight excluding hydrogens is 424 g/mol. The number of nitrogens with zero attached hydrogens (tertiary/aromatic N) is 1. The molecule has 6 nitrogen and oxygen atoms in total. The van der Waals surface area contributed by atoms with E-state index in [-0.39, 0.29) is 17.5 Å². The molecule has 30 heavy (non-hydrogen) atoms. The first-order valence-corrected chi connectivity index (χ1v) is 11.8. The lowest BCUT2D eigenvalue weighted by Gasteiger charge is -2.33. The van der Waals surface area contributed by atoms with Crippen molar-refractivity contribution in [3.05, 3.63) is 53.1 Å². The van der Waals surface area contributed by atoms with Gasteiger partial charge in [0.25, 0.3) is 0 Å². The molecule has 0 saturated heterocycles. The summed E-state index contributed by atoms with van der Waals surface area (Å²) in [7, 11) is -2.29. The van der Waals surface area contributed by atoms with Crippen LogP contribution in [0.25, 0.3) is 0 Å². The molecule has 1 fully saturated rings. The number of amides is 1. The number of sulfonamides is 1. The van der Waals surface area contributed by atoms with Crippen LogP contribution in [0, 0.1) is 6.92 Å². The quantitative estimate of drug-likeness (QED) is 0.667. The highest BCUT2D eigenvalue weighted by atomic mass is 35.5. The Hall–Kier alpha value is -2.09. The molecule has 0 bridgehead atoms. The molecular formula is C22H27ClN2O4S. The predicted octanol–water partition coefficient (Wildman–Crippen LogP) is 4.62. The second kappa shape index (κ2) is 9.81. The summed E-state index contributed by atoms with van der Waals surface area (Å²) in [6.45, 7) is 1.66. The first-order chi connectivity index (χ1) is 14.3. The molecule has 0 aromatic heterocycles. The van der Waals surface area contributed by atoms with Crippen molar-refractivity contribution >= 4 is 33.2 Å². The molecule has 3 rings (SSSR count). The van der Waals surface area contributed by atoms with Gasteiger partial charge in [-0.15, -0.1) is 0 Å². The van der Waals surface area contributed by atoms with E-state index in [1.54, 1.807) is 42.5 Å². The molecule has 1 amide bonds. The highest BCUT2D eigenvalue weighted by Gasteiger charge is 2.34. The van der Waals surface area contributed by atoms with Gasteiger partial charge in [0, 0.05) is 11.7 Å². The van der Waals surface area contributed by atoms with E-state index in [1.165, 1.54) is 11.4 Å². The van der Waals surface area contributed by atoms with Gasteiger partial charge in [-0.05, 0) is 50.1 Å². The van der Waals surface area contributed by atoms with Crippen LogP contribution in [0.4, 0.5) is 5.69 Å². The Labute approximate surface area is 183 Å². The topological polar surface area (TPSA) is 75.7 Å². The molecule has 1 aliphatic carbocycles. The van der Waals surface area contributed by atoms with Crippen molar-refractivity contribution in [1.29, 1.82) is 0 Å². The van der Waals surface area contributed by atoms with Gasteiger partial charge in [0.2, 0.25) is 15.9 Å². The van der Waals surface area contributed by atoms with Crippen LogP contribution in [0.2, 0.25) is 5.02 Å². The van der Waals surface area contributed by atoms with Gasteiger partial charge in [0.15, 0.2) is 0 Å². The van der Waals surface area contributed by atoms with Crippen LogP contribution in [0.1, 0.15) is 37.7 Å². The van der Waals surface area contributed by atoms with Crippen LogP contribution in [-0.2, 0) is 14.8 Å². The Morgan fingerprint density at radius 3 is 2.40 bits per heavy atom. The smallest absolute Gasteiger partial charge is 0.243 e. The summed E-state index contributed by atoms with van der Waals surface area (Å²) in [5.74, 6) is 0.0953. The summed E-state index contributed by atoms with van der Waals surface area (Å²) in [6, 6.07) is 11.5. The minimum Gasteiger partial charge on any atom is -0.495 e. The summed E-state index contributed by atoms with van der Waals surface area (Å²) in [4.78, 5) is 13.0. The first-order valence-electron chi connectivity index (χ1n) is 10.0. The lowest BCUT2D eigenvalue weighted by Crippen LogP contribution is -2.45. The van der Waals surface area contributed by atoms with Gasteiger partial charge >= 0.3 is 0 Å². The molecule has 0 heterocycles. The van der Waals surface area contributed by atoms with E-state index in [0.717, 1.165) is 37.7 Å². The normalized spacial score (nSPS) is 15.2. The molecule has 1 aliphatic rings. The van der Waals surface area contributed by atoms with Gasteiger partial charge in [-0.25, -0.2) is 8.42 Å². The Morgan fingerprint density at radius 2 is 1.80 bits per heavy atom. The van der Waals surface area contributed by atoms with Crippen LogP contribution >= 0.6 is 11.6 Å². The lowest BCUT2D eigenvalue weighted by atomic mass is 9.95. The van der Waals surface area contributed by atoms with E-state index in [2.05, 4.69) is 5.32 Å². The van der Waals surface area contributed by atoms with Gasteiger partial charge in [0.05, 0.1) is 23.6 Å². The number of rotatable bonds is 7. The lowest BCUT2D eigenvalue weighted by molar-refractivity contribution is -0.116. The fourth-order valence-electron chi connectivity index (χ4n) is 3.71. The molecule has 2 aromatic carbocycles. The summed E-state index contributed by atoms with van der Waals surface area (Å²) >= 11 is 6.12. The number of halogens is 1. The zero-order chi connectivity index (χ0) is 21.7. The molecule has 0 radical (unpaired) electrons. The number of benzene rings is 2. The van der Waals surface area contributed by atoms with Crippen LogP contribution in [0.5, 0.6) is 5.75 Å². The highest BCUT2D eigenvalue weighted by Crippen LogP contribution is 2.29. The Balaban J connectivity index is 1.82. The molecule has 1 N–H and O–H groups in total. The van der Waals surface area contributed by atoms with Crippen molar-refractivity contribution in [3.8, 4) is 5.75 Å². The third kappa shape index (κ3) is 5.33. The number of anilines is 1. The summed E-state index contributed by atoms with van der Waals surface area (Å²) in [5, 5.41) is 3.12. The minimum atomic E-state index is -3.80. The van der Waals surface area contributed by atoms with Gasteiger partial charge in [-0.2, -0.15) is 4.31 Å². The molecule has 162 valence electrons. The summed E-state index contributed by atoms with van der Waals surface area (Å²) in [5.41, 5.74) is 1.47. The van der Waals surface area contributed by atoms with Crippen LogP contribution in [-0.4, -0.2) is 38.3 Å². The van der Waals surface area contributed by atoms with Gasteiger partial charge in [-0.3, -0.25) is 4.79 Å². The number of aryl methyl sites for hydroxylation is 1. The number of nitrogens with one attached hydrogen (secondary N) is 1. The van der Waals surface area contributed by atoms with E-state index in [0.29, 0.717) is 16.5 Å². The van der Waals surface area contributed by atoms with Gasteiger partial charge < -0.3 is 10.1 Å². The van der Waals surface area contributed by atoms with Crippen LogP contribution in [0.3, 0.4) is 0 Å². The summed E-state index contributed by atoms with van der Waals surface area (Å²) in [6.07, 6.45) is 4.52. The van der Waals surface area contributed by atoms with Crippen molar-refractivity contribution in [2.75, 3.05) is 19.0 Å². The average molecular weight is 451 g/mol. The molecule has 0 spiro atoms. The largest absolute Gasteiger partial charge is 0.495 e. The number of ether oxygens (including phenoxy) is 1. The Morgan fingerprint density at radius 1 is 1.13 bits per heavy atom. The molecule has 8 heteroatoms. The SMILES string of the molecule is COc1ccc(NC(=O)CN(C2CCCCC2)S(=O)(=O)c2ccc(C)cc2)cc1Cl. The predicted molar refractivity (Wildman–Crippen MR) is 119 cm³/mol. The Kier molecular flexibility index (Phi) is 7.39. The standard InChI is InChI=1S/C22H27ClN2O4S/c1-16-8-11-19(12-9-16)30(27,28)25(18-6-4-3-5-7-18)15-22(26)24-17-10-13-21(29-2)20(23)14-17/h8-14,18H,3-7,15H2,1-2H3,(H,24,26). The van der Waals surface area contributed by atoms with E-state index in [4.69, 9.17) is 16.3 Å². The maximum absolute atomic E-state index is 13.4. The zero-order valence-corrected chi connectivity index (χ0v) is 18.8. The van der Waals surface area contributed by atoms with E-state index in [1.807, 2.05) is 6.92 Å². The molecule has 0 atom stereocenters.